The van der Waals surface area contributed by atoms with E-state index in [2.05, 4.69) is 4.90 Å². The Labute approximate surface area is 196 Å². The third-order valence-corrected chi connectivity index (χ3v) is 6.55. The van der Waals surface area contributed by atoms with Crippen molar-refractivity contribution in [3.8, 4) is 23.0 Å². The van der Waals surface area contributed by atoms with Crippen LogP contribution in [0.5, 0.6) is 23.0 Å². The first-order valence-corrected chi connectivity index (χ1v) is 11.1. The number of methoxy groups -OCH3 is 2. The van der Waals surface area contributed by atoms with Gasteiger partial charge in [0.05, 0.1) is 27.0 Å². The lowest BCUT2D eigenvalue weighted by atomic mass is 9.95. The van der Waals surface area contributed by atoms with Gasteiger partial charge in [0, 0.05) is 31.3 Å². The van der Waals surface area contributed by atoms with Crippen molar-refractivity contribution in [1.82, 2.24) is 19.2 Å². The molecule has 2 aromatic carbocycles. The molecule has 3 heterocycles. The average molecular weight is 471 g/mol. The lowest BCUT2D eigenvalue weighted by Crippen LogP contribution is -2.36. The van der Waals surface area contributed by atoms with Gasteiger partial charge in [-0.2, -0.15) is 5.10 Å². The molecular formula is C23H26N4O5S. The van der Waals surface area contributed by atoms with E-state index in [-0.39, 0.29) is 6.10 Å². The quantitative estimate of drug-likeness (QED) is 0.570. The predicted octanol–water partition coefficient (Wildman–Crippen LogP) is 2.99. The zero-order valence-corrected chi connectivity index (χ0v) is 19.5. The predicted molar refractivity (Wildman–Crippen MR) is 122 cm³/mol. The van der Waals surface area contributed by atoms with Gasteiger partial charge >= 0.3 is 0 Å². The number of benzene rings is 2. The lowest BCUT2D eigenvalue weighted by molar-refractivity contribution is 0.0652. The highest BCUT2D eigenvalue weighted by Crippen LogP contribution is 2.39. The fourth-order valence-corrected chi connectivity index (χ4v) is 4.66. The molecule has 3 aromatic rings. The molecule has 0 bridgehead atoms. The molecule has 1 N–H and O–H groups in total. The molecule has 0 saturated carbocycles. The summed E-state index contributed by atoms with van der Waals surface area (Å²) in [6.07, 6.45) is -1.09. The van der Waals surface area contributed by atoms with Gasteiger partial charge in [0.25, 0.3) is 0 Å². The van der Waals surface area contributed by atoms with Crippen molar-refractivity contribution in [3.05, 3.63) is 58.1 Å². The number of β-amino-alcohol motifs (C(OH)–C–C–N with tert-alkyl or cyclic N) is 1. The van der Waals surface area contributed by atoms with Crippen molar-refractivity contribution < 1.29 is 24.1 Å². The summed E-state index contributed by atoms with van der Waals surface area (Å²) in [6, 6.07) is 11.3. The Balaban J connectivity index is 1.40. The van der Waals surface area contributed by atoms with Crippen LogP contribution < -0.4 is 18.9 Å². The van der Waals surface area contributed by atoms with E-state index in [4.69, 9.17) is 36.3 Å². The number of hydrogen-bond acceptors (Lipinski definition) is 8. The summed E-state index contributed by atoms with van der Waals surface area (Å²) < 4.78 is 27.1. The van der Waals surface area contributed by atoms with Crippen molar-refractivity contribution in [1.29, 1.82) is 0 Å². The Bertz CT molecular complexity index is 1240. The van der Waals surface area contributed by atoms with Gasteiger partial charge in [0.2, 0.25) is 0 Å². The Morgan fingerprint density at radius 3 is 2.61 bits per heavy atom. The summed E-state index contributed by atoms with van der Waals surface area (Å²) >= 11 is 5.66. The highest BCUT2D eigenvalue weighted by Gasteiger charge is 2.31. The van der Waals surface area contributed by atoms with Crippen molar-refractivity contribution in [3.63, 3.8) is 0 Å². The van der Waals surface area contributed by atoms with E-state index in [9.17, 15) is 5.11 Å². The van der Waals surface area contributed by atoms with Crippen molar-refractivity contribution in [2.45, 2.75) is 25.4 Å². The second kappa shape index (κ2) is 8.69. The van der Waals surface area contributed by atoms with Crippen LogP contribution in [0.25, 0.3) is 0 Å². The maximum atomic E-state index is 10.9. The summed E-state index contributed by atoms with van der Waals surface area (Å²) in [6.45, 7) is 1.74. The molecule has 5 rings (SSSR count). The Hall–Kier alpha value is -3.08. The zero-order chi connectivity index (χ0) is 23.1. The molecule has 10 heteroatoms. The van der Waals surface area contributed by atoms with E-state index in [1.54, 1.807) is 18.9 Å². The number of aromatic nitrogens is 3. The first kappa shape index (κ1) is 21.7. The number of aliphatic hydroxyl groups is 1. The van der Waals surface area contributed by atoms with Crippen LogP contribution in [0, 0.1) is 4.77 Å². The largest absolute Gasteiger partial charge is 0.496 e. The zero-order valence-electron chi connectivity index (χ0n) is 18.7. The van der Waals surface area contributed by atoms with Gasteiger partial charge in [-0.15, -0.1) is 0 Å². The number of fused-ring (bicyclic) bond motifs is 2. The molecule has 33 heavy (non-hydrogen) atoms. The minimum absolute atomic E-state index is 0.351. The van der Waals surface area contributed by atoms with E-state index in [1.165, 1.54) is 0 Å². The summed E-state index contributed by atoms with van der Waals surface area (Å²) in [5.41, 5.74) is 1.67. The summed E-state index contributed by atoms with van der Waals surface area (Å²) in [7, 11) is 5.10. The number of nitrogens with zero attached hydrogens (tertiary/aromatic N) is 4. The molecule has 0 saturated heterocycles. The van der Waals surface area contributed by atoms with Crippen LogP contribution in [0.2, 0.25) is 0 Å². The minimum atomic E-state index is -0.720. The van der Waals surface area contributed by atoms with Gasteiger partial charge in [0.15, 0.2) is 28.2 Å². The van der Waals surface area contributed by atoms with Crippen LogP contribution in [0.1, 0.15) is 29.2 Å². The number of rotatable bonds is 5. The molecular weight excluding hydrogens is 444 g/mol. The molecule has 0 fully saturated rings. The smallest absolute Gasteiger partial charge is 0.198 e. The average Bonchev–Trinajstić information content (AvgIpc) is 3.11. The highest BCUT2D eigenvalue weighted by atomic mass is 32.1. The first-order chi connectivity index (χ1) is 16.0. The Kier molecular flexibility index (Phi) is 5.73. The van der Waals surface area contributed by atoms with Crippen molar-refractivity contribution >= 4 is 12.2 Å². The van der Waals surface area contributed by atoms with E-state index in [0.29, 0.717) is 54.2 Å². The minimum Gasteiger partial charge on any atom is -0.496 e. The maximum absolute atomic E-state index is 10.9. The molecule has 2 atom stereocenters. The van der Waals surface area contributed by atoms with Crippen molar-refractivity contribution in [2.75, 3.05) is 27.4 Å². The van der Waals surface area contributed by atoms with Crippen LogP contribution in [0.15, 0.2) is 36.4 Å². The van der Waals surface area contributed by atoms with Crippen LogP contribution in [0.4, 0.5) is 0 Å². The summed E-state index contributed by atoms with van der Waals surface area (Å²) in [5, 5.41) is 15.6. The molecule has 0 radical (unpaired) electrons. The monoisotopic (exact) mass is 470 g/mol. The van der Waals surface area contributed by atoms with Gasteiger partial charge in [-0.1, -0.05) is 12.1 Å². The Morgan fingerprint density at radius 1 is 1.12 bits per heavy atom. The SMILES string of the molecule is COc1ccc(OC)c2c1CN(Cn1nc(C3COc4ccccc4O3)n(C)c1=S)CC2O. The topological polar surface area (TPSA) is 83.1 Å². The van der Waals surface area contributed by atoms with E-state index in [1.807, 2.05) is 48.0 Å². The summed E-state index contributed by atoms with van der Waals surface area (Å²) in [5.74, 6) is 3.47. The molecule has 2 aliphatic rings. The third-order valence-electron chi connectivity index (χ3n) is 6.07. The third kappa shape index (κ3) is 3.84. The van der Waals surface area contributed by atoms with E-state index < -0.39 is 6.10 Å². The van der Waals surface area contributed by atoms with Gasteiger partial charge in [-0.05, 0) is 36.5 Å². The lowest BCUT2D eigenvalue weighted by Gasteiger charge is -2.33. The maximum Gasteiger partial charge on any atom is 0.198 e. The fourth-order valence-electron chi connectivity index (χ4n) is 4.47. The molecule has 0 aliphatic carbocycles. The molecule has 9 nitrogen and oxygen atoms in total. The van der Waals surface area contributed by atoms with E-state index in [0.717, 1.165) is 16.9 Å². The fraction of sp³-hybridized carbons (Fsp3) is 0.391. The van der Waals surface area contributed by atoms with Crippen molar-refractivity contribution in [2.24, 2.45) is 7.05 Å². The molecule has 2 unspecified atom stereocenters. The Morgan fingerprint density at radius 2 is 1.85 bits per heavy atom. The van der Waals surface area contributed by atoms with Gasteiger partial charge < -0.3 is 28.6 Å². The normalized spacial score (nSPS) is 19.8. The van der Waals surface area contributed by atoms with Crippen LogP contribution in [-0.4, -0.2) is 51.7 Å². The standard InChI is InChI=1S/C23H26N4O5S/c1-25-22(20-12-31-17-6-4-5-7-18(17)32-20)24-27(23(25)33)13-26-10-14-16(29-2)8-9-19(30-3)21(14)15(28)11-26/h4-9,15,20,28H,10-13H2,1-3H3. The molecule has 0 amide bonds. The number of ether oxygens (including phenoxy) is 4. The molecule has 0 spiro atoms. The molecule has 2 aliphatic heterocycles. The van der Waals surface area contributed by atoms with Gasteiger partial charge in [0.1, 0.15) is 18.1 Å². The summed E-state index contributed by atoms with van der Waals surface area (Å²) in [4.78, 5) is 2.08. The van der Waals surface area contributed by atoms with E-state index >= 15 is 0 Å². The second-order valence-electron chi connectivity index (χ2n) is 8.09. The second-order valence-corrected chi connectivity index (χ2v) is 8.46. The number of para-hydroxylation sites is 2. The number of aliphatic hydroxyl groups excluding tert-OH is 1. The highest BCUT2D eigenvalue weighted by molar-refractivity contribution is 7.71. The van der Waals surface area contributed by atoms with Gasteiger partial charge in [-0.25, -0.2) is 4.68 Å². The first-order valence-electron chi connectivity index (χ1n) is 10.7. The van der Waals surface area contributed by atoms with Crippen LogP contribution in [-0.2, 0) is 20.3 Å². The molecule has 174 valence electrons. The van der Waals surface area contributed by atoms with Crippen LogP contribution in [0.3, 0.4) is 0 Å². The number of hydrogen-bond donors (Lipinski definition) is 1. The molecule has 1 aromatic heterocycles. The van der Waals surface area contributed by atoms with Crippen LogP contribution >= 0.6 is 12.2 Å². The van der Waals surface area contributed by atoms with Gasteiger partial charge in [-0.3, -0.25) is 4.90 Å².